The van der Waals surface area contributed by atoms with Crippen molar-refractivity contribution in [2.45, 2.75) is 32.7 Å². The number of allylic oxidation sites excluding steroid dienone is 1. The summed E-state index contributed by atoms with van der Waals surface area (Å²) in [5.74, 6) is -1.85. The van der Waals surface area contributed by atoms with Crippen LogP contribution in [0.3, 0.4) is 0 Å². The van der Waals surface area contributed by atoms with Crippen LogP contribution in [0.5, 0.6) is 0 Å². The third kappa shape index (κ3) is 6.65. The molecule has 2 aliphatic rings. The minimum absolute atomic E-state index is 0.0264. The van der Waals surface area contributed by atoms with Gasteiger partial charge in [-0.3, -0.25) is 14.5 Å². The van der Waals surface area contributed by atoms with E-state index in [-0.39, 0.29) is 31.4 Å². The second-order valence-electron chi connectivity index (χ2n) is 9.42. The molecule has 0 spiro atoms. The van der Waals surface area contributed by atoms with Gasteiger partial charge in [0, 0.05) is 49.8 Å². The molecule has 0 aliphatic carbocycles. The van der Waals surface area contributed by atoms with Crippen molar-refractivity contribution in [3.63, 3.8) is 0 Å². The van der Waals surface area contributed by atoms with Gasteiger partial charge in [0.2, 0.25) is 5.91 Å². The van der Waals surface area contributed by atoms with Gasteiger partial charge in [-0.15, -0.1) is 0 Å². The number of hydrogen-bond donors (Lipinski definition) is 1. The van der Waals surface area contributed by atoms with Gasteiger partial charge in [-0.2, -0.15) is 0 Å². The van der Waals surface area contributed by atoms with E-state index < -0.39 is 17.7 Å². The first-order chi connectivity index (χ1) is 18.4. The van der Waals surface area contributed by atoms with Gasteiger partial charge in [0.1, 0.15) is 5.82 Å². The molecular weight excluding hydrogens is 489 g/mol. The Labute approximate surface area is 222 Å². The van der Waals surface area contributed by atoms with Crippen LogP contribution in [-0.4, -0.2) is 73.6 Å². The molecule has 8 nitrogen and oxygen atoms in total. The molecule has 2 aromatic rings. The minimum atomic E-state index is -0.586. The number of nitrogens with zero attached hydrogens (tertiary/aromatic N) is 2. The lowest BCUT2D eigenvalue weighted by Gasteiger charge is -2.34. The fourth-order valence-corrected chi connectivity index (χ4v) is 4.88. The number of morpholine rings is 1. The second kappa shape index (κ2) is 12.8. The Morgan fingerprint density at radius 1 is 1.13 bits per heavy atom. The highest BCUT2D eigenvalue weighted by Crippen LogP contribution is 2.38. The molecule has 0 aromatic heterocycles. The lowest BCUT2D eigenvalue weighted by atomic mass is 9.83. The maximum absolute atomic E-state index is 13.9. The Kier molecular flexibility index (Phi) is 9.25. The molecule has 9 heteroatoms. The lowest BCUT2D eigenvalue weighted by molar-refractivity contribution is -0.140. The summed E-state index contributed by atoms with van der Waals surface area (Å²) in [6.07, 6.45) is 0.0264. The average molecular weight is 524 g/mol. The molecule has 0 saturated carbocycles. The quantitative estimate of drug-likeness (QED) is 0.508. The number of nitrogens with one attached hydrogen (secondary N) is 1. The van der Waals surface area contributed by atoms with E-state index in [0.29, 0.717) is 28.9 Å². The Morgan fingerprint density at radius 2 is 1.87 bits per heavy atom. The van der Waals surface area contributed by atoms with Crippen LogP contribution in [0, 0.1) is 5.82 Å². The molecule has 1 fully saturated rings. The standard InChI is InChI=1S/C29H34FN3O5/c1-3-38-29(36)27-20(2)33(26(34)18-25(27)23-5-4-6-24(30)17-23)19-21-7-9-22(10-8-21)28(35)31-11-12-32-13-15-37-16-14-32/h4-10,17,25H,3,11-16,18-19H2,1-2H3,(H,31,35). The van der Waals surface area contributed by atoms with Gasteiger partial charge >= 0.3 is 5.97 Å². The zero-order valence-electron chi connectivity index (χ0n) is 21.9. The summed E-state index contributed by atoms with van der Waals surface area (Å²) in [6, 6.07) is 13.0. The molecule has 2 heterocycles. The molecular formula is C29H34FN3O5. The number of halogens is 1. The summed E-state index contributed by atoms with van der Waals surface area (Å²) >= 11 is 0. The Bertz CT molecular complexity index is 1190. The van der Waals surface area contributed by atoms with Gasteiger partial charge in [0.25, 0.3) is 5.91 Å². The van der Waals surface area contributed by atoms with Crippen molar-refractivity contribution >= 4 is 17.8 Å². The fourth-order valence-electron chi connectivity index (χ4n) is 4.88. The smallest absolute Gasteiger partial charge is 0.336 e. The van der Waals surface area contributed by atoms with Crippen LogP contribution >= 0.6 is 0 Å². The number of ether oxygens (including phenoxy) is 2. The highest BCUT2D eigenvalue weighted by molar-refractivity contribution is 5.96. The van der Waals surface area contributed by atoms with E-state index in [4.69, 9.17) is 9.47 Å². The van der Waals surface area contributed by atoms with Gasteiger partial charge < -0.3 is 19.7 Å². The van der Waals surface area contributed by atoms with E-state index in [1.807, 2.05) is 0 Å². The van der Waals surface area contributed by atoms with Crippen molar-refractivity contribution in [3.8, 4) is 0 Å². The SMILES string of the molecule is CCOC(=O)C1=C(C)N(Cc2ccc(C(=O)NCCN3CCOCC3)cc2)C(=O)CC1c1cccc(F)c1. The highest BCUT2D eigenvalue weighted by atomic mass is 19.1. The maximum Gasteiger partial charge on any atom is 0.336 e. The van der Waals surface area contributed by atoms with Crippen LogP contribution in [-0.2, 0) is 25.6 Å². The third-order valence-electron chi connectivity index (χ3n) is 6.94. The third-order valence-corrected chi connectivity index (χ3v) is 6.94. The topological polar surface area (TPSA) is 88.2 Å². The Morgan fingerprint density at radius 3 is 2.55 bits per heavy atom. The zero-order valence-corrected chi connectivity index (χ0v) is 21.9. The molecule has 1 unspecified atom stereocenters. The first-order valence-electron chi connectivity index (χ1n) is 13.0. The van der Waals surface area contributed by atoms with Gasteiger partial charge in [0.05, 0.1) is 31.9 Å². The molecule has 0 radical (unpaired) electrons. The molecule has 1 N–H and O–H groups in total. The van der Waals surface area contributed by atoms with Crippen molar-refractivity contribution in [1.29, 1.82) is 0 Å². The molecule has 0 bridgehead atoms. The van der Waals surface area contributed by atoms with E-state index in [0.717, 1.165) is 38.4 Å². The number of esters is 1. The summed E-state index contributed by atoms with van der Waals surface area (Å²) < 4.78 is 24.6. The number of hydrogen-bond acceptors (Lipinski definition) is 6. The van der Waals surface area contributed by atoms with Gasteiger partial charge in [-0.25, -0.2) is 9.18 Å². The van der Waals surface area contributed by atoms with Crippen molar-refractivity contribution in [2.24, 2.45) is 0 Å². The first-order valence-corrected chi connectivity index (χ1v) is 13.0. The molecule has 202 valence electrons. The normalized spacial score (nSPS) is 18.4. The van der Waals surface area contributed by atoms with E-state index in [2.05, 4.69) is 10.2 Å². The predicted molar refractivity (Wildman–Crippen MR) is 140 cm³/mol. The second-order valence-corrected chi connectivity index (χ2v) is 9.42. The summed E-state index contributed by atoms with van der Waals surface area (Å²) in [6.45, 7) is 8.36. The Hall–Kier alpha value is -3.56. The molecule has 1 saturated heterocycles. The summed E-state index contributed by atoms with van der Waals surface area (Å²) in [5, 5.41) is 2.94. The van der Waals surface area contributed by atoms with Crippen LogP contribution in [0.25, 0.3) is 0 Å². The first kappa shape index (κ1) is 27.5. The van der Waals surface area contributed by atoms with Crippen molar-refractivity contribution in [3.05, 3.63) is 82.3 Å². The van der Waals surface area contributed by atoms with Crippen LogP contribution in [0.15, 0.2) is 59.8 Å². The van der Waals surface area contributed by atoms with E-state index >= 15 is 0 Å². The molecule has 4 rings (SSSR count). The van der Waals surface area contributed by atoms with Crippen LogP contribution < -0.4 is 5.32 Å². The van der Waals surface area contributed by atoms with E-state index in [1.54, 1.807) is 55.1 Å². The summed E-state index contributed by atoms with van der Waals surface area (Å²) in [4.78, 5) is 42.5. The molecule has 2 aromatic carbocycles. The zero-order chi connectivity index (χ0) is 27.1. The van der Waals surface area contributed by atoms with Crippen molar-refractivity contribution < 1.29 is 28.2 Å². The molecule has 1 atom stereocenters. The van der Waals surface area contributed by atoms with Crippen molar-refractivity contribution in [1.82, 2.24) is 15.1 Å². The number of amides is 2. The number of carbonyl (C=O) groups excluding carboxylic acids is 3. The predicted octanol–water partition coefficient (Wildman–Crippen LogP) is 3.24. The van der Waals surface area contributed by atoms with E-state index in [1.165, 1.54) is 12.1 Å². The van der Waals surface area contributed by atoms with Gasteiger partial charge in [-0.05, 0) is 49.2 Å². The summed E-state index contributed by atoms with van der Waals surface area (Å²) in [7, 11) is 0. The molecule has 38 heavy (non-hydrogen) atoms. The highest BCUT2D eigenvalue weighted by Gasteiger charge is 2.37. The largest absolute Gasteiger partial charge is 0.463 e. The monoisotopic (exact) mass is 523 g/mol. The van der Waals surface area contributed by atoms with Gasteiger partial charge in [-0.1, -0.05) is 24.3 Å². The number of rotatable bonds is 9. The number of carbonyl (C=O) groups is 3. The number of benzene rings is 2. The molecule has 2 aliphatic heterocycles. The van der Waals surface area contributed by atoms with Crippen LogP contribution in [0.4, 0.5) is 4.39 Å². The van der Waals surface area contributed by atoms with Crippen molar-refractivity contribution in [2.75, 3.05) is 46.0 Å². The van der Waals surface area contributed by atoms with Crippen LogP contribution in [0.1, 0.15) is 47.7 Å². The fraction of sp³-hybridized carbons (Fsp3) is 0.414. The lowest BCUT2D eigenvalue weighted by Crippen LogP contribution is -2.41. The maximum atomic E-state index is 13.9. The van der Waals surface area contributed by atoms with Crippen LogP contribution in [0.2, 0.25) is 0 Å². The molecule has 2 amide bonds. The Balaban J connectivity index is 1.45. The summed E-state index contributed by atoms with van der Waals surface area (Å²) in [5.41, 5.74) is 2.75. The minimum Gasteiger partial charge on any atom is -0.463 e. The van der Waals surface area contributed by atoms with E-state index in [9.17, 15) is 18.8 Å². The van der Waals surface area contributed by atoms with Gasteiger partial charge in [0.15, 0.2) is 0 Å². The average Bonchev–Trinajstić information content (AvgIpc) is 2.91.